The Morgan fingerprint density at radius 3 is 2.67 bits per heavy atom. The first kappa shape index (κ1) is 14.1. The molecule has 1 aromatic rings. The summed E-state index contributed by atoms with van der Waals surface area (Å²) in [4.78, 5) is 14.9. The molecule has 0 fully saturated rings. The zero-order valence-electron chi connectivity index (χ0n) is 10.2. The van der Waals surface area contributed by atoms with Gasteiger partial charge in [-0.3, -0.25) is 10.1 Å². The molecule has 0 saturated heterocycles. The highest BCUT2D eigenvalue weighted by atomic mass is 16.6. The molecule has 0 heterocycles. The molecule has 1 atom stereocenters. The summed E-state index contributed by atoms with van der Waals surface area (Å²) in [7, 11) is 1.55. The molecule has 18 heavy (non-hydrogen) atoms. The highest BCUT2D eigenvalue weighted by Crippen LogP contribution is 2.13. The van der Waals surface area contributed by atoms with Crippen LogP contribution < -0.4 is 5.48 Å². The molecule has 0 bridgehead atoms. The average molecular weight is 248 g/mol. The summed E-state index contributed by atoms with van der Waals surface area (Å²) in [6.07, 6.45) is 6.32. The van der Waals surface area contributed by atoms with Gasteiger partial charge in [0, 0.05) is 12.1 Å². The molecule has 5 nitrogen and oxygen atoms in total. The van der Waals surface area contributed by atoms with Crippen molar-refractivity contribution in [3.63, 3.8) is 0 Å². The molecule has 0 aromatic heterocycles. The molecule has 5 heteroatoms. The highest BCUT2D eigenvalue weighted by Gasteiger charge is 2.03. The van der Waals surface area contributed by atoms with Crippen molar-refractivity contribution in [3.05, 3.63) is 58.7 Å². The van der Waals surface area contributed by atoms with Gasteiger partial charge in [0.1, 0.15) is 0 Å². The van der Waals surface area contributed by atoms with Crippen LogP contribution in [0.4, 0.5) is 5.69 Å². The number of nitro groups is 1. The normalized spacial score (nSPS) is 12.5. The van der Waals surface area contributed by atoms with E-state index in [1.807, 2.05) is 12.2 Å². The van der Waals surface area contributed by atoms with Crippen molar-refractivity contribution in [1.82, 2.24) is 5.48 Å². The van der Waals surface area contributed by atoms with Gasteiger partial charge < -0.3 is 4.84 Å². The van der Waals surface area contributed by atoms with E-state index in [4.69, 9.17) is 4.84 Å². The van der Waals surface area contributed by atoms with E-state index < -0.39 is 4.92 Å². The highest BCUT2D eigenvalue weighted by molar-refractivity contribution is 5.52. The summed E-state index contributed by atoms with van der Waals surface area (Å²) in [5, 5.41) is 10.5. The molecule has 1 rings (SSSR count). The fourth-order valence-corrected chi connectivity index (χ4v) is 1.43. The monoisotopic (exact) mass is 248 g/mol. The molecule has 0 aliphatic rings. The van der Waals surface area contributed by atoms with Crippen LogP contribution in [-0.2, 0) is 4.84 Å². The van der Waals surface area contributed by atoms with Crippen LogP contribution in [-0.4, -0.2) is 18.1 Å². The predicted octanol–water partition coefficient (Wildman–Crippen LogP) is 2.70. The van der Waals surface area contributed by atoms with E-state index >= 15 is 0 Å². The maximum atomic E-state index is 10.5. The van der Waals surface area contributed by atoms with Gasteiger partial charge in [0.05, 0.1) is 18.1 Å². The first-order valence-electron chi connectivity index (χ1n) is 5.49. The lowest BCUT2D eigenvalue weighted by Gasteiger charge is -2.10. The predicted molar refractivity (Wildman–Crippen MR) is 70.9 cm³/mol. The number of benzene rings is 1. The van der Waals surface area contributed by atoms with E-state index in [0.717, 1.165) is 12.0 Å². The van der Waals surface area contributed by atoms with Gasteiger partial charge in [0.2, 0.25) is 0 Å². The molecule has 0 saturated carbocycles. The van der Waals surface area contributed by atoms with Gasteiger partial charge in [-0.1, -0.05) is 18.2 Å². The van der Waals surface area contributed by atoms with Crippen LogP contribution in [0.5, 0.6) is 0 Å². The minimum absolute atomic E-state index is 0.0303. The Balaban J connectivity index is 2.69. The molecule has 0 aliphatic carbocycles. The van der Waals surface area contributed by atoms with Crippen molar-refractivity contribution < 1.29 is 9.76 Å². The number of hydroxylamine groups is 1. The Labute approximate surface area is 106 Å². The maximum absolute atomic E-state index is 10.5. The van der Waals surface area contributed by atoms with E-state index in [1.54, 1.807) is 25.3 Å². The van der Waals surface area contributed by atoms with E-state index in [1.165, 1.54) is 12.1 Å². The van der Waals surface area contributed by atoms with E-state index in [0.29, 0.717) is 0 Å². The number of nitro benzene ring substituents is 1. The second-order valence-corrected chi connectivity index (χ2v) is 3.66. The van der Waals surface area contributed by atoms with Gasteiger partial charge in [0.25, 0.3) is 5.69 Å². The zero-order chi connectivity index (χ0) is 13.4. The van der Waals surface area contributed by atoms with Gasteiger partial charge in [-0.15, -0.1) is 6.58 Å². The summed E-state index contributed by atoms with van der Waals surface area (Å²) in [5.41, 5.74) is 3.80. The molecular formula is C13H16N2O3. The van der Waals surface area contributed by atoms with Gasteiger partial charge in [-0.2, -0.15) is 5.48 Å². The van der Waals surface area contributed by atoms with E-state index in [9.17, 15) is 10.1 Å². The average Bonchev–Trinajstić information content (AvgIpc) is 2.37. The van der Waals surface area contributed by atoms with Crippen LogP contribution in [0.25, 0.3) is 6.08 Å². The molecule has 0 amide bonds. The van der Waals surface area contributed by atoms with Gasteiger partial charge in [-0.25, -0.2) is 0 Å². The smallest absolute Gasteiger partial charge is 0.269 e. The van der Waals surface area contributed by atoms with Gasteiger partial charge in [0.15, 0.2) is 0 Å². The third-order valence-electron chi connectivity index (χ3n) is 2.31. The number of nitrogens with one attached hydrogen (secondary N) is 1. The molecular weight excluding hydrogens is 232 g/mol. The summed E-state index contributed by atoms with van der Waals surface area (Å²) in [5.74, 6) is 0. The summed E-state index contributed by atoms with van der Waals surface area (Å²) in [6.45, 7) is 3.66. The van der Waals surface area contributed by atoms with Crippen molar-refractivity contribution >= 4 is 11.8 Å². The SMILES string of the molecule is C=CCC(/C=C/c1ccc([N+](=O)[O-])cc1)NOC. The lowest BCUT2D eigenvalue weighted by Crippen LogP contribution is -2.25. The van der Waals surface area contributed by atoms with Crippen LogP contribution in [0.1, 0.15) is 12.0 Å². The summed E-state index contributed by atoms with van der Waals surface area (Å²) in [6, 6.07) is 6.39. The van der Waals surface area contributed by atoms with Crippen molar-refractivity contribution in [2.24, 2.45) is 0 Å². The van der Waals surface area contributed by atoms with Gasteiger partial charge >= 0.3 is 0 Å². The molecule has 1 unspecified atom stereocenters. The van der Waals surface area contributed by atoms with E-state index in [-0.39, 0.29) is 11.7 Å². The molecule has 96 valence electrons. The second kappa shape index (κ2) is 7.37. The van der Waals surface area contributed by atoms with Gasteiger partial charge in [-0.05, 0) is 24.1 Å². The third kappa shape index (κ3) is 4.48. The Kier molecular flexibility index (Phi) is 5.76. The van der Waals surface area contributed by atoms with Crippen molar-refractivity contribution in [2.45, 2.75) is 12.5 Å². The Morgan fingerprint density at radius 2 is 2.17 bits per heavy atom. The fourth-order valence-electron chi connectivity index (χ4n) is 1.43. The van der Waals surface area contributed by atoms with Crippen molar-refractivity contribution in [3.8, 4) is 0 Å². The molecule has 1 N–H and O–H groups in total. The lowest BCUT2D eigenvalue weighted by atomic mass is 10.1. The minimum Gasteiger partial charge on any atom is -0.305 e. The fraction of sp³-hybridized carbons (Fsp3) is 0.231. The minimum atomic E-state index is -0.416. The Morgan fingerprint density at radius 1 is 1.50 bits per heavy atom. The Hall–Kier alpha value is -1.98. The van der Waals surface area contributed by atoms with E-state index in [2.05, 4.69) is 12.1 Å². The van der Waals surface area contributed by atoms with Crippen molar-refractivity contribution in [1.29, 1.82) is 0 Å². The summed E-state index contributed by atoms with van der Waals surface area (Å²) >= 11 is 0. The third-order valence-corrected chi connectivity index (χ3v) is 2.31. The molecule has 0 radical (unpaired) electrons. The molecule has 0 aliphatic heterocycles. The lowest BCUT2D eigenvalue weighted by molar-refractivity contribution is -0.384. The van der Waals surface area contributed by atoms with Crippen molar-refractivity contribution in [2.75, 3.05) is 7.11 Å². The largest absolute Gasteiger partial charge is 0.305 e. The number of non-ortho nitro benzene ring substituents is 1. The van der Waals surface area contributed by atoms with Crippen LogP contribution in [0.3, 0.4) is 0 Å². The zero-order valence-corrected chi connectivity index (χ0v) is 10.2. The molecule has 1 aromatic carbocycles. The first-order chi connectivity index (χ1) is 8.67. The van der Waals surface area contributed by atoms with Crippen LogP contribution in [0.2, 0.25) is 0 Å². The number of rotatable bonds is 7. The standard InChI is InChI=1S/C13H16N2O3/c1-3-4-12(14-18-2)8-5-11-6-9-13(10-7-11)15(16)17/h3,5-10,12,14H,1,4H2,2H3/b8-5+. The van der Waals surface area contributed by atoms with Crippen LogP contribution in [0.15, 0.2) is 43.0 Å². The number of hydrogen-bond acceptors (Lipinski definition) is 4. The maximum Gasteiger partial charge on any atom is 0.269 e. The van der Waals surface area contributed by atoms with Crippen LogP contribution in [0, 0.1) is 10.1 Å². The number of hydrogen-bond donors (Lipinski definition) is 1. The Bertz CT molecular complexity index is 426. The molecule has 0 spiro atoms. The quantitative estimate of drug-likeness (QED) is 0.458. The van der Waals surface area contributed by atoms with Crippen LogP contribution >= 0.6 is 0 Å². The topological polar surface area (TPSA) is 64.4 Å². The second-order valence-electron chi connectivity index (χ2n) is 3.66. The number of nitrogens with zero attached hydrogens (tertiary/aromatic N) is 1. The first-order valence-corrected chi connectivity index (χ1v) is 5.49. The summed E-state index contributed by atoms with van der Waals surface area (Å²) < 4.78 is 0.